The van der Waals surface area contributed by atoms with Crippen molar-refractivity contribution >= 4 is 11.6 Å². The number of carbonyl (C=O) groups excluding carboxylic acids is 1. The molecule has 0 unspecified atom stereocenters. The summed E-state index contributed by atoms with van der Waals surface area (Å²) >= 11 is 0. The van der Waals surface area contributed by atoms with E-state index in [1.807, 2.05) is 43.0 Å². The Morgan fingerprint density at radius 2 is 1.83 bits per heavy atom. The lowest BCUT2D eigenvalue weighted by Crippen LogP contribution is -2.49. The molecular weight excluding hydrogens is 290 g/mol. The first kappa shape index (κ1) is 15.5. The van der Waals surface area contributed by atoms with Crippen LogP contribution in [0.3, 0.4) is 0 Å². The van der Waals surface area contributed by atoms with Gasteiger partial charge in [-0.25, -0.2) is 0 Å². The van der Waals surface area contributed by atoms with Crippen LogP contribution < -0.4 is 9.64 Å². The Morgan fingerprint density at radius 3 is 2.43 bits per heavy atom. The van der Waals surface area contributed by atoms with E-state index in [-0.39, 0.29) is 5.91 Å². The molecule has 1 saturated heterocycles. The third kappa shape index (κ3) is 3.04. The van der Waals surface area contributed by atoms with E-state index in [2.05, 4.69) is 16.0 Å². The molecule has 5 nitrogen and oxygen atoms in total. The van der Waals surface area contributed by atoms with Crippen LogP contribution in [0.5, 0.6) is 5.75 Å². The zero-order valence-electron chi connectivity index (χ0n) is 13.9. The number of nitrogens with zero attached hydrogens (tertiary/aromatic N) is 2. The fourth-order valence-electron chi connectivity index (χ4n) is 3.16. The van der Waals surface area contributed by atoms with Gasteiger partial charge in [0.1, 0.15) is 5.75 Å². The summed E-state index contributed by atoms with van der Waals surface area (Å²) in [6.07, 6.45) is 0. The Morgan fingerprint density at radius 1 is 1.13 bits per heavy atom. The number of H-pyrrole nitrogens is 1. The lowest BCUT2D eigenvalue weighted by Gasteiger charge is -2.36. The fourth-order valence-corrected chi connectivity index (χ4v) is 3.16. The molecule has 0 aliphatic carbocycles. The first-order valence-corrected chi connectivity index (χ1v) is 7.93. The van der Waals surface area contributed by atoms with Gasteiger partial charge in [0.15, 0.2) is 0 Å². The molecule has 3 rings (SSSR count). The van der Waals surface area contributed by atoms with Gasteiger partial charge in [-0.15, -0.1) is 0 Å². The van der Waals surface area contributed by atoms with Crippen LogP contribution in [-0.2, 0) is 0 Å². The van der Waals surface area contributed by atoms with Gasteiger partial charge in [-0.05, 0) is 32.0 Å². The molecule has 1 aromatic heterocycles. The summed E-state index contributed by atoms with van der Waals surface area (Å²) in [5.41, 5.74) is 3.85. The van der Waals surface area contributed by atoms with Gasteiger partial charge in [-0.2, -0.15) is 0 Å². The average molecular weight is 313 g/mol. The summed E-state index contributed by atoms with van der Waals surface area (Å²) in [6, 6.07) is 9.96. The van der Waals surface area contributed by atoms with Crippen LogP contribution >= 0.6 is 0 Å². The van der Waals surface area contributed by atoms with Crippen LogP contribution in [0.25, 0.3) is 0 Å². The average Bonchev–Trinajstić information content (AvgIpc) is 2.92. The van der Waals surface area contributed by atoms with E-state index in [4.69, 9.17) is 4.74 Å². The van der Waals surface area contributed by atoms with Crippen molar-refractivity contribution in [1.29, 1.82) is 0 Å². The molecule has 1 aliphatic heterocycles. The number of anilines is 1. The summed E-state index contributed by atoms with van der Waals surface area (Å²) in [7, 11) is 1.69. The number of aryl methyl sites for hydroxylation is 2. The predicted molar refractivity (Wildman–Crippen MR) is 91.4 cm³/mol. The highest BCUT2D eigenvalue weighted by atomic mass is 16.5. The van der Waals surface area contributed by atoms with Gasteiger partial charge in [0.25, 0.3) is 5.91 Å². The van der Waals surface area contributed by atoms with Gasteiger partial charge < -0.3 is 19.5 Å². The van der Waals surface area contributed by atoms with Crippen molar-refractivity contribution < 1.29 is 9.53 Å². The van der Waals surface area contributed by atoms with Gasteiger partial charge >= 0.3 is 0 Å². The van der Waals surface area contributed by atoms with E-state index in [1.165, 1.54) is 0 Å². The quantitative estimate of drug-likeness (QED) is 0.947. The molecule has 2 aromatic rings. The number of para-hydroxylation sites is 2. The third-order valence-corrected chi connectivity index (χ3v) is 4.37. The number of methoxy groups -OCH3 is 1. The number of hydrogen-bond donors (Lipinski definition) is 1. The summed E-state index contributed by atoms with van der Waals surface area (Å²) in [6.45, 7) is 7.00. The first-order valence-electron chi connectivity index (χ1n) is 7.93. The molecule has 1 aliphatic rings. The lowest BCUT2D eigenvalue weighted by atomic mass is 10.2. The zero-order valence-corrected chi connectivity index (χ0v) is 13.9. The summed E-state index contributed by atoms with van der Waals surface area (Å²) < 4.78 is 5.43. The van der Waals surface area contributed by atoms with Crippen LogP contribution in [0.15, 0.2) is 30.3 Å². The standard InChI is InChI=1S/C18H23N3O2/c1-13-12-15(14(2)19-13)18(22)21-10-8-20(9-11-21)16-6-4-5-7-17(16)23-3/h4-7,12,19H,8-11H2,1-3H3. The predicted octanol–water partition coefficient (Wildman–Crippen LogP) is 2.60. The molecule has 0 atom stereocenters. The monoisotopic (exact) mass is 313 g/mol. The van der Waals surface area contributed by atoms with Gasteiger partial charge in [-0.1, -0.05) is 12.1 Å². The van der Waals surface area contributed by atoms with Gasteiger partial charge in [0.05, 0.1) is 18.4 Å². The fraction of sp³-hybridized carbons (Fsp3) is 0.389. The smallest absolute Gasteiger partial charge is 0.255 e. The van der Waals surface area contributed by atoms with E-state index in [9.17, 15) is 4.79 Å². The first-order chi connectivity index (χ1) is 11.1. The number of aromatic nitrogens is 1. The summed E-state index contributed by atoms with van der Waals surface area (Å²) in [5, 5.41) is 0. The van der Waals surface area contributed by atoms with Crippen molar-refractivity contribution in [2.45, 2.75) is 13.8 Å². The Hall–Kier alpha value is -2.43. The molecule has 5 heteroatoms. The SMILES string of the molecule is COc1ccccc1N1CCN(C(=O)c2cc(C)[nH]c2C)CC1. The van der Waals surface area contributed by atoms with Crippen molar-refractivity contribution in [3.05, 3.63) is 47.3 Å². The number of amides is 1. The number of aromatic amines is 1. The zero-order chi connectivity index (χ0) is 16.4. The molecule has 122 valence electrons. The maximum Gasteiger partial charge on any atom is 0.255 e. The Bertz CT molecular complexity index is 700. The molecule has 2 heterocycles. The van der Waals surface area contributed by atoms with Crippen LogP contribution in [0, 0.1) is 13.8 Å². The molecule has 23 heavy (non-hydrogen) atoms. The van der Waals surface area contributed by atoms with E-state index in [1.54, 1.807) is 7.11 Å². The number of ether oxygens (including phenoxy) is 1. The molecule has 1 amide bonds. The number of hydrogen-bond acceptors (Lipinski definition) is 3. The molecule has 1 N–H and O–H groups in total. The maximum atomic E-state index is 12.7. The number of piperazine rings is 1. The van der Waals surface area contributed by atoms with Gasteiger partial charge in [0.2, 0.25) is 0 Å². The third-order valence-electron chi connectivity index (χ3n) is 4.37. The minimum Gasteiger partial charge on any atom is -0.495 e. The summed E-state index contributed by atoms with van der Waals surface area (Å²) in [4.78, 5) is 20.1. The molecule has 1 aromatic carbocycles. The van der Waals surface area contributed by atoms with E-state index in [0.717, 1.165) is 54.6 Å². The summed E-state index contributed by atoms with van der Waals surface area (Å²) in [5.74, 6) is 0.996. The lowest BCUT2D eigenvalue weighted by molar-refractivity contribution is 0.0746. The van der Waals surface area contributed by atoms with Crippen LogP contribution in [-0.4, -0.2) is 49.1 Å². The number of benzene rings is 1. The maximum absolute atomic E-state index is 12.7. The Labute approximate surface area is 136 Å². The van der Waals surface area contributed by atoms with Crippen LogP contribution in [0.4, 0.5) is 5.69 Å². The number of rotatable bonds is 3. The van der Waals surface area contributed by atoms with Crippen molar-refractivity contribution in [3.8, 4) is 5.75 Å². The molecular formula is C18H23N3O2. The second-order valence-corrected chi connectivity index (χ2v) is 5.94. The Kier molecular flexibility index (Phi) is 4.28. The van der Waals surface area contributed by atoms with Crippen molar-refractivity contribution in [2.24, 2.45) is 0 Å². The highest BCUT2D eigenvalue weighted by Crippen LogP contribution is 2.28. The van der Waals surface area contributed by atoms with Crippen molar-refractivity contribution in [3.63, 3.8) is 0 Å². The van der Waals surface area contributed by atoms with Crippen molar-refractivity contribution in [1.82, 2.24) is 9.88 Å². The molecule has 0 spiro atoms. The van der Waals surface area contributed by atoms with E-state index < -0.39 is 0 Å². The number of carbonyl (C=O) groups is 1. The molecule has 1 fully saturated rings. The van der Waals surface area contributed by atoms with Crippen LogP contribution in [0.1, 0.15) is 21.7 Å². The minimum absolute atomic E-state index is 0.117. The normalized spacial score (nSPS) is 14.9. The van der Waals surface area contributed by atoms with Crippen molar-refractivity contribution in [2.75, 3.05) is 38.2 Å². The second-order valence-electron chi connectivity index (χ2n) is 5.94. The number of nitrogens with one attached hydrogen (secondary N) is 1. The van der Waals surface area contributed by atoms with E-state index in [0.29, 0.717) is 0 Å². The molecule has 0 saturated carbocycles. The highest BCUT2D eigenvalue weighted by molar-refractivity contribution is 5.95. The van der Waals surface area contributed by atoms with Gasteiger partial charge in [0, 0.05) is 37.6 Å². The van der Waals surface area contributed by atoms with Crippen LogP contribution in [0.2, 0.25) is 0 Å². The van der Waals surface area contributed by atoms with E-state index >= 15 is 0 Å². The largest absolute Gasteiger partial charge is 0.495 e. The minimum atomic E-state index is 0.117. The second kappa shape index (κ2) is 6.36. The molecule has 0 radical (unpaired) electrons. The Balaban J connectivity index is 1.69. The van der Waals surface area contributed by atoms with Gasteiger partial charge in [-0.3, -0.25) is 4.79 Å². The highest BCUT2D eigenvalue weighted by Gasteiger charge is 2.25. The molecule has 0 bridgehead atoms. The topological polar surface area (TPSA) is 48.6 Å².